The predicted octanol–water partition coefficient (Wildman–Crippen LogP) is 2.75. The molecular weight excluding hydrogens is 212 g/mol. The van der Waals surface area contributed by atoms with Crippen molar-refractivity contribution in [2.75, 3.05) is 0 Å². The molecule has 17 heavy (non-hydrogen) atoms. The van der Waals surface area contributed by atoms with E-state index in [0.717, 1.165) is 0 Å². The van der Waals surface area contributed by atoms with Gasteiger partial charge in [-0.3, -0.25) is 9.48 Å². The average molecular weight is 228 g/mol. The average Bonchev–Trinajstić information content (AvgIpc) is 2.64. The van der Waals surface area contributed by atoms with E-state index in [1.165, 1.54) is 16.7 Å². The second-order valence-electron chi connectivity index (χ2n) is 4.48. The van der Waals surface area contributed by atoms with Gasteiger partial charge in [-0.2, -0.15) is 5.10 Å². The zero-order chi connectivity index (χ0) is 12.4. The summed E-state index contributed by atoms with van der Waals surface area (Å²) >= 11 is 0. The Kier molecular flexibility index (Phi) is 3.09. The van der Waals surface area contributed by atoms with Crippen molar-refractivity contribution in [1.82, 2.24) is 9.78 Å². The van der Waals surface area contributed by atoms with Crippen LogP contribution in [0, 0.1) is 13.8 Å². The van der Waals surface area contributed by atoms with Gasteiger partial charge in [-0.1, -0.05) is 29.3 Å². The van der Waals surface area contributed by atoms with Gasteiger partial charge >= 0.3 is 0 Å². The number of aryl methyl sites for hydroxylation is 2. The molecule has 3 nitrogen and oxygen atoms in total. The number of carbonyl (C=O) groups is 1. The van der Waals surface area contributed by atoms with Crippen LogP contribution in [0.5, 0.6) is 0 Å². The number of nitrogens with zero attached hydrogens (tertiary/aromatic N) is 2. The summed E-state index contributed by atoms with van der Waals surface area (Å²) in [5.74, 6) is 0.0525. The molecule has 0 bridgehead atoms. The summed E-state index contributed by atoms with van der Waals surface area (Å²) < 4.78 is 1.80. The van der Waals surface area contributed by atoms with Crippen molar-refractivity contribution in [3.8, 4) is 0 Å². The molecule has 3 heteroatoms. The molecule has 0 atom stereocenters. The van der Waals surface area contributed by atoms with Gasteiger partial charge in [0.2, 0.25) is 0 Å². The van der Waals surface area contributed by atoms with Gasteiger partial charge in [-0.05, 0) is 26.3 Å². The van der Waals surface area contributed by atoms with Crippen molar-refractivity contribution in [2.24, 2.45) is 0 Å². The highest BCUT2D eigenvalue weighted by Gasteiger charge is 2.04. The van der Waals surface area contributed by atoms with Gasteiger partial charge in [0.05, 0.1) is 18.3 Å². The topological polar surface area (TPSA) is 34.9 Å². The number of hydrogen-bond donors (Lipinski definition) is 0. The minimum Gasteiger partial charge on any atom is -0.294 e. The van der Waals surface area contributed by atoms with E-state index in [9.17, 15) is 4.79 Å². The maximum Gasteiger partial charge on any atom is 0.162 e. The maximum absolute atomic E-state index is 11.2. The zero-order valence-electron chi connectivity index (χ0n) is 10.4. The third-order valence-corrected chi connectivity index (χ3v) is 2.67. The number of carbonyl (C=O) groups excluding carboxylic acids is 1. The van der Waals surface area contributed by atoms with Crippen LogP contribution in [0.2, 0.25) is 0 Å². The first-order chi connectivity index (χ1) is 8.04. The molecule has 0 aliphatic carbocycles. The van der Waals surface area contributed by atoms with Crippen LogP contribution in [0.15, 0.2) is 30.6 Å². The number of aromatic nitrogens is 2. The first kappa shape index (κ1) is 11.6. The molecule has 0 fully saturated rings. The summed E-state index contributed by atoms with van der Waals surface area (Å²) in [6.07, 6.45) is 3.41. The Morgan fingerprint density at radius 2 is 1.88 bits per heavy atom. The van der Waals surface area contributed by atoms with E-state index in [1.54, 1.807) is 24.0 Å². The molecule has 2 aromatic rings. The second kappa shape index (κ2) is 4.53. The van der Waals surface area contributed by atoms with Crippen LogP contribution in [-0.4, -0.2) is 15.6 Å². The first-order valence-corrected chi connectivity index (χ1v) is 5.65. The van der Waals surface area contributed by atoms with Gasteiger partial charge in [-0.15, -0.1) is 0 Å². The van der Waals surface area contributed by atoms with Crippen LogP contribution < -0.4 is 0 Å². The van der Waals surface area contributed by atoms with Crippen molar-refractivity contribution in [2.45, 2.75) is 27.3 Å². The van der Waals surface area contributed by atoms with Crippen molar-refractivity contribution in [3.63, 3.8) is 0 Å². The quantitative estimate of drug-likeness (QED) is 0.757. The SMILES string of the molecule is CC(=O)c1cnn(Cc2cc(C)cc(C)c2)c1. The molecule has 0 spiro atoms. The molecule has 0 saturated carbocycles. The Morgan fingerprint density at radius 3 is 2.41 bits per heavy atom. The van der Waals surface area contributed by atoms with E-state index in [4.69, 9.17) is 0 Å². The van der Waals surface area contributed by atoms with Crippen molar-refractivity contribution in [1.29, 1.82) is 0 Å². The third kappa shape index (κ3) is 2.81. The number of ketones is 1. The van der Waals surface area contributed by atoms with Gasteiger partial charge in [0, 0.05) is 6.20 Å². The molecule has 0 radical (unpaired) electrons. The molecule has 0 N–H and O–H groups in total. The van der Waals surface area contributed by atoms with Crippen molar-refractivity contribution in [3.05, 3.63) is 52.8 Å². The third-order valence-electron chi connectivity index (χ3n) is 2.67. The standard InChI is InChI=1S/C14H16N2O/c1-10-4-11(2)6-13(5-10)8-16-9-14(7-15-16)12(3)17/h4-7,9H,8H2,1-3H3. The normalized spacial score (nSPS) is 10.5. The van der Waals surface area contributed by atoms with E-state index < -0.39 is 0 Å². The minimum atomic E-state index is 0.0525. The highest BCUT2D eigenvalue weighted by atomic mass is 16.1. The van der Waals surface area contributed by atoms with Crippen LogP contribution in [0.4, 0.5) is 0 Å². The molecule has 1 aromatic heterocycles. The van der Waals surface area contributed by atoms with Gasteiger partial charge < -0.3 is 0 Å². The summed E-state index contributed by atoms with van der Waals surface area (Å²) in [4.78, 5) is 11.2. The Morgan fingerprint density at radius 1 is 1.24 bits per heavy atom. The number of hydrogen-bond acceptors (Lipinski definition) is 2. The molecule has 0 aliphatic heterocycles. The Bertz CT molecular complexity index is 535. The number of benzene rings is 1. The largest absolute Gasteiger partial charge is 0.294 e. The van der Waals surface area contributed by atoms with Crippen LogP contribution in [-0.2, 0) is 6.54 Å². The van der Waals surface area contributed by atoms with Crippen molar-refractivity contribution >= 4 is 5.78 Å². The lowest BCUT2D eigenvalue weighted by Gasteiger charge is -2.05. The molecule has 2 rings (SSSR count). The molecule has 0 aliphatic rings. The second-order valence-corrected chi connectivity index (χ2v) is 4.48. The Balaban J connectivity index is 2.22. The lowest BCUT2D eigenvalue weighted by atomic mass is 10.1. The fourth-order valence-electron chi connectivity index (χ4n) is 1.98. The number of rotatable bonds is 3. The fourth-order valence-corrected chi connectivity index (χ4v) is 1.98. The van der Waals surface area contributed by atoms with Crippen LogP contribution >= 0.6 is 0 Å². The summed E-state index contributed by atoms with van der Waals surface area (Å²) in [5, 5.41) is 4.19. The van der Waals surface area contributed by atoms with Crippen molar-refractivity contribution < 1.29 is 4.79 Å². The van der Waals surface area contributed by atoms with Gasteiger partial charge in [0.25, 0.3) is 0 Å². The summed E-state index contributed by atoms with van der Waals surface area (Å²) in [5.41, 5.74) is 4.37. The highest BCUT2D eigenvalue weighted by Crippen LogP contribution is 2.10. The van der Waals surface area contributed by atoms with E-state index >= 15 is 0 Å². The van der Waals surface area contributed by atoms with E-state index in [-0.39, 0.29) is 5.78 Å². The van der Waals surface area contributed by atoms with Crippen LogP contribution in [0.1, 0.15) is 34.0 Å². The lowest BCUT2D eigenvalue weighted by Crippen LogP contribution is -2.01. The number of Topliss-reactive ketones (excluding diaryl/α,β-unsaturated/α-hetero) is 1. The molecule has 1 heterocycles. The van der Waals surface area contributed by atoms with E-state index in [2.05, 4.69) is 37.1 Å². The van der Waals surface area contributed by atoms with Crippen LogP contribution in [0.25, 0.3) is 0 Å². The zero-order valence-corrected chi connectivity index (χ0v) is 10.4. The smallest absolute Gasteiger partial charge is 0.162 e. The summed E-state index contributed by atoms with van der Waals surface area (Å²) in [6, 6.07) is 6.43. The van der Waals surface area contributed by atoms with Gasteiger partial charge in [0.1, 0.15) is 0 Å². The molecule has 1 aromatic carbocycles. The maximum atomic E-state index is 11.2. The summed E-state index contributed by atoms with van der Waals surface area (Å²) in [7, 11) is 0. The lowest BCUT2D eigenvalue weighted by molar-refractivity contribution is 0.101. The fraction of sp³-hybridized carbons (Fsp3) is 0.286. The monoisotopic (exact) mass is 228 g/mol. The van der Waals surface area contributed by atoms with E-state index in [0.29, 0.717) is 12.1 Å². The Hall–Kier alpha value is -1.90. The molecule has 0 unspecified atom stereocenters. The first-order valence-electron chi connectivity index (χ1n) is 5.65. The predicted molar refractivity (Wildman–Crippen MR) is 67.2 cm³/mol. The highest BCUT2D eigenvalue weighted by molar-refractivity contribution is 5.93. The molecular formula is C14H16N2O. The minimum absolute atomic E-state index is 0.0525. The molecule has 0 saturated heterocycles. The van der Waals surface area contributed by atoms with Gasteiger partial charge in [-0.25, -0.2) is 0 Å². The van der Waals surface area contributed by atoms with Crippen LogP contribution in [0.3, 0.4) is 0 Å². The van der Waals surface area contributed by atoms with Gasteiger partial charge in [0.15, 0.2) is 5.78 Å². The molecule has 0 amide bonds. The van der Waals surface area contributed by atoms with E-state index in [1.807, 2.05) is 0 Å². The summed E-state index contributed by atoms with van der Waals surface area (Å²) in [6.45, 7) is 6.43. The Labute approximate surface area is 101 Å². The molecule has 88 valence electrons.